The average molecular weight is 381 g/mol. The van der Waals surface area contributed by atoms with E-state index in [-0.39, 0.29) is 12.4 Å². The zero-order valence-corrected chi connectivity index (χ0v) is 15.7. The lowest BCUT2D eigenvalue weighted by molar-refractivity contribution is 0.249. The minimum absolute atomic E-state index is 0.0915. The summed E-state index contributed by atoms with van der Waals surface area (Å²) in [4.78, 5) is 9.16. The van der Waals surface area contributed by atoms with E-state index in [0.717, 1.165) is 49.7 Å². The summed E-state index contributed by atoms with van der Waals surface area (Å²) in [7, 11) is 0. The molecule has 3 aromatic rings. The van der Waals surface area contributed by atoms with Crippen LogP contribution in [-0.4, -0.2) is 57.6 Å². The van der Waals surface area contributed by atoms with E-state index in [1.165, 1.54) is 6.07 Å². The SMILES string of the molecule is OCCn1cc(CN2CCN(c3ncccc3-c3ccccc3F)CC2)cn1. The molecule has 2 aromatic heterocycles. The summed E-state index contributed by atoms with van der Waals surface area (Å²) in [5.41, 5.74) is 2.57. The summed E-state index contributed by atoms with van der Waals surface area (Å²) < 4.78 is 16.1. The molecule has 1 N–H and O–H groups in total. The van der Waals surface area contributed by atoms with Crippen molar-refractivity contribution < 1.29 is 9.50 Å². The highest BCUT2D eigenvalue weighted by Crippen LogP contribution is 2.31. The van der Waals surface area contributed by atoms with Crippen LogP contribution >= 0.6 is 0 Å². The van der Waals surface area contributed by atoms with E-state index in [9.17, 15) is 4.39 Å². The molecule has 1 saturated heterocycles. The van der Waals surface area contributed by atoms with E-state index in [4.69, 9.17) is 5.11 Å². The van der Waals surface area contributed by atoms with Crippen molar-refractivity contribution >= 4 is 5.82 Å². The zero-order valence-electron chi connectivity index (χ0n) is 15.7. The second kappa shape index (κ2) is 8.50. The monoisotopic (exact) mass is 381 g/mol. The molecular weight excluding hydrogens is 357 g/mol. The molecule has 4 rings (SSSR count). The molecule has 28 heavy (non-hydrogen) atoms. The Bertz CT molecular complexity index is 920. The maximum Gasteiger partial charge on any atom is 0.136 e. The Morgan fingerprint density at radius 1 is 1.00 bits per heavy atom. The summed E-state index contributed by atoms with van der Waals surface area (Å²) in [5.74, 6) is 0.610. The fourth-order valence-electron chi connectivity index (χ4n) is 3.63. The molecule has 6 nitrogen and oxygen atoms in total. The van der Waals surface area contributed by atoms with Gasteiger partial charge in [0.1, 0.15) is 11.6 Å². The Balaban J connectivity index is 1.43. The van der Waals surface area contributed by atoms with Gasteiger partial charge >= 0.3 is 0 Å². The Kier molecular flexibility index (Phi) is 5.64. The maximum atomic E-state index is 14.3. The van der Waals surface area contributed by atoms with Crippen LogP contribution in [0.2, 0.25) is 0 Å². The van der Waals surface area contributed by atoms with Gasteiger partial charge < -0.3 is 10.0 Å². The van der Waals surface area contributed by atoms with E-state index in [1.807, 2.05) is 30.6 Å². The number of aromatic nitrogens is 3. The van der Waals surface area contributed by atoms with Crippen molar-refractivity contribution in [3.63, 3.8) is 0 Å². The summed E-state index contributed by atoms with van der Waals surface area (Å²) in [6.07, 6.45) is 5.61. The van der Waals surface area contributed by atoms with Gasteiger partial charge in [0.25, 0.3) is 0 Å². The van der Waals surface area contributed by atoms with Crippen LogP contribution in [0.1, 0.15) is 5.56 Å². The van der Waals surface area contributed by atoms with Crippen LogP contribution in [0.4, 0.5) is 10.2 Å². The molecule has 0 unspecified atom stereocenters. The number of nitrogens with zero attached hydrogens (tertiary/aromatic N) is 5. The Hall–Kier alpha value is -2.77. The molecule has 0 radical (unpaired) electrons. The topological polar surface area (TPSA) is 57.4 Å². The van der Waals surface area contributed by atoms with Gasteiger partial charge in [-0.2, -0.15) is 5.10 Å². The summed E-state index contributed by atoms with van der Waals surface area (Å²) >= 11 is 0. The number of pyridine rings is 1. The number of hydrogen-bond acceptors (Lipinski definition) is 5. The third-order valence-electron chi connectivity index (χ3n) is 5.04. The first-order chi connectivity index (χ1) is 13.7. The van der Waals surface area contributed by atoms with E-state index < -0.39 is 0 Å². The van der Waals surface area contributed by atoms with Crippen molar-refractivity contribution in [1.29, 1.82) is 0 Å². The number of aliphatic hydroxyl groups is 1. The van der Waals surface area contributed by atoms with Gasteiger partial charge in [0, 0.05) is 61.8 Å². The standard InChI is InChI=1S/C21H24FN5O/c22-20-6-2-1-4-18(20)19-5-3-7-23-21(19)26-10-8-25(9-11-26)15-17-14-24-27(16-17)12-13-28/h1-7,14,16,28H,8-13,15H2. The zero-order chi connectivity index (χ0) is 19.3. The van der Waals surface area contributed by atoms with Gasteiger partial charge in [-0.25, -0.2) is 9.37 Å². The van der Waals surface area contributed by atoms with E-state index in [2.05, 4.69) is 19.9 Å². The summed E-state index contributed by atoms with van der Waals surface area (Å²) in [6, 6.07) is 10.6. The molecule has 3 heterocycles. The van der Waals surface area contributed by atoms with Crippen molar-refractivity contribution in [2.24, 2.45) is 0 Å². The number of hydrogen-bond donors (Lipinski definition) is 1. The highest BCUT2D eigenvalue weighted by atomic mass is 19.1. The number of halogens is 1. The van der Waals surface area contributed by atoms with Crippen molar-refractivity contribution in [2.75, 3.05) is 37.7 Å². The van der Waals surface area contributed by atoms with Gasteiger partial charge in [-0.05, 0) is 18.2 Å². The van der Waals surface area contributed by atoms with Gasteiger partial charge in [0.05, 0.1) is 19.3 Å². The van der Waals surface area contributed by atoms with E-state index in [0.29, 0.717) is 12.1 Å². The van der Waals surface area contributed by atoms with Crippen molar-refractivity contribution in [1.82, 2.24) is 19.7 Å². The van der Waals surface area contributed by atoms with Crippen LogP contribution < -0.4 is 4.90 Å². The van der Waals surface area contributed by atoms with Crippen LogP contribution in [-0.2, 0) is 13.1 Å². The molecule has 7 heteroatoms. The first-order valence-corrected chi connectivity index (χ1v) is 9.54. The smallest absolute Gasteiger partial charge is 0.136 e. The van der Waals surface area contributed by atoms with E-state index in [1.54, 1.807) is 23.0 Å². The Morgan fingerprint density at radius 3 is 2.57 bits per heavy atom. The highest BCUT2D eigenvalue weighted by molar-refractivity contribution is 5.76. The molecule has 1 aromatic carbocycles. The number of rotatable bonds is 6. The summed E-state index contributed by atoms with van der Waals surface area (Å²) in [5, 5.41) is 13.3. The fraction of sp³-hybridized carbons (Fsp3) is 0.333. The molecule has 0 saturated carbocycles. The third kappa shape index (κ3) is 4.05. The molecular formula is C21H24FN5O. The van der Waals surface area contributed by atoms with Crippen molar-refractivity contribution in [2.45, 2.75) is 13.1 Å². The average Bonchev–Trinajstić information content (AvgIpc) is 3.16. The first-order valence-electron chi connectivity index (χ1n) is 9.54. The van der Waals surface area contributed by atoms with Gasteiger partial charge in [0.2, 0.25) is 0 Å². The molecule has 0 amide bonds. The van der Waals surface area contributed by atoms with Crippen molar-refractivity contribution in [3.8, 4) is 11.1 Å². The van der Waals surface area contributed by atoms with Gasteiger partial charge in [-0.3, -0.25) is 9.58 Å². The van der Waals surface area contributed by atoms with Gasteiger partial charge in [-0.1, -0.05) is 18.2 Å². The molecule has 0 atom stereocenters. The number of anilines is 1. The first kappa shape index (κ1) is 18.6. The molecule has 1 aliphatic rings. The lowest BCUT2D eigenvalue weighted by atomic mass is 10.1. The minimum Gasteiger partial charge on any atom is -0.394 e. The van der Waals surface area contributed by atoms with Crippen LogP contribution in [0, 0.1) is 5.82 Å². The lowest BCUT2D eigenvalue weighted by Crippen LogP contribution is -2.46. The largest absolute Gasteiger partial charge is 0.394 e. The lowest BCUT2D eigenvalue weighted by Gasteiger charge is -2.36. The second-order valence-electron chi connectivity index (χ2n) is 6.95. The summed E-state index contributed by atoms with van der Waals surface area (Å²) in [6.45, 7) is 4.92. The molecule has 0 aliphatic carbocycles. The maximum absolute atomic E-state index is 14.3. The van der Waals surface area contributed by atoms with Crippen LogP contribution in [0.5, 0.6) is 0 Å². The quantitative estimate of drug-likeness (QED) is 0.711. The predicted octanol–water partition coefficient (Wildman–Crippen LogP) is 2.40. The second-order valence-corrected chi connectivity index (χ2v) is 6.95. The Morgan fingerprint density at radius 2 is 1.79 bits per heavy atom. The fourth-order valence-corrected chi connectivity index (χ4v) is 3.63. The normalized spacial score (nSPS) is 15.1. The molecule has 1 fully saturated rings. The number of benzene rings is 1. The van der Waals surface area contributed by atoms with Gasteiger partial charge in [-0.15, -0.1) is 0 Å². The van der Waals surface area contributed by atoms with E-state index >= 15 is 0 Å². The highest BCUT2D eigenvalue weighted by Gasteiger charge is 2.21. The third-order valence-corrected chi connectivity index (χ3v) is 5.04. The number of piperazine rings is 1. The molecule has 146 valence electrons. The minimum atomic E-state index is -0.227. The van der Waals surface area contributed by atoms with Gasteiger partial charge in [0.15, 0.2) is 0 Å². The molecule has 0 spiro atoms. The van der Waals surface area contributed by atoms with Crippen LogP contribution in [0.25, 0.3) is 11.1 Å². The molecule has 1 aliphatic heterocycles. The number of aliphatic hydroxyl groups excluding tert-OH is 1. The molecule has 0 bridgehead atoms. The Labute approximate surface area is 163 Å². The predicted molar refractivity (Wildman–Crippen MR) is 106 cm³/mol. The van der Waals surface area contributed by atoms with Crippen molar-refractivity contribution in [3.05, 3.63) is 66.4 Å². The van der Waals surface area contributed by atoms with Crippen LogP contribution in [0.3, 0.4) is 0 Å². The van der Waals surface area contributed by atoms with Crippen LogP contribution in [0.15, 0.2) is 55.0 Å².